The van der Waals surface area contributed by atoms with E-state index in [1.165, 1.54) is 116 Å². The molecule has 0 N–H and O–H groups in total. The van der Waals surface area contributed by atoms with Crippen LogP contribution in [0.2, 0.25) is 0 Å². The molecular weight excluding hydrogens is 1020 g/mol. The molecule has 468 valence electrons. The molecule has 0 aliphatic heterocycles. The number of allylic oxidation sites excluding steroid dienone is 20. The highest BCUT2D eigenvalue weighted by Gasteiger charge is 2.22. The predicted octanol–water partition coefficient (Wildman–Crippen LogP) is 19.1. The van der Waals surface area contributed by atoms with Gasteiger partial charge in [-0.1, -0.05) is 264 Å². The van der Waals surface area contributed by atoms with E-state index in [0.29, 0.717) is 17.4 Å². The van der Waals surface area contributed by atoms with Gasteiger partial charge in [-0.15, -0.1) is 0 Å². The fourth-order valence-electron chi connectivity index (χ4n) is 8.88. The van der Waals surface area contributed by atoms with E-state index >= 15 is 0 Å². The number of quaternary nitrogens is 1. The van der Waals surface area contributed by atoms with E-state index in [1.54, 1.807) is 0 Å². The molecule has 82 heavy (non-hydrogen) atoms. The van der Waals surface area contributed by atoms with Gasteiger partial charge in [0.2, 0.25) is 0 Å². The second-order valence-corrected chi connectivity index (χ2v) is 23.0. The first-order chi connectivity index (χ1) is 40.1. The summed E-state index contributed by atoms with van der Waals surface area (Å²) < 4.78 is 22.7. The van der Waals surface area contributed by atoms with Gasteiger partial charge in [0.25, 0.3) is 0 Å². The summed E-state index contributed by atoms with van der Waals surface area (Å²) in [6.07, 6.45) is 85.6. The summed E-state index contributed by atoms with van der Waals surface area (Å²) in [5.41, 5.74) is 0. The molecule has 0 radical (unpaired) electrons. The number of carboxylic acid groups (broad SMARTS) is 1. The highest BCUT2D eigenvalue weighted by atomic mass is 16.7. The van der Waals surface area contributed by atoms with Crippen LogP contribution in [-0.4, -0.2) is 82.3 Å². The Balaban J connectivity index is 4.06. The minimum absolute atomic E-state index is 0.142. The van der Waals surface area contributed by atoms with Crippen LogP contribution in [0.25, 0.3) is 0 Å². The molecule has 9 heteroatoms. The fraction of sp³-hybridized carbons (Fsp3) is 0.685. The van der Waals surface area contributed by atoms with Crippen LogP contribution in [0.1, 0.15) is 264 Å². The Morgan fingerprint density at radius 3 is 1.04 bits per heavy atom. The Morgan fingerprint density at radius 2 is 0.695 bits per heavy atom. The minimum atomic E-state index is -1.63. The van der Waals surface area contributed by atoms with Gasteiger partial charge in [0.15, 0.2) is 12.4 Å². The zero-order valence-corrected chi connectivity index (χ0v) is 53.3. The third-order valence-electron chi connectivity index (χ3n) is 13.9. The average Bonchev–Trinajstić information content (AvgIpc) is 3.45. The highest BCUT2D eigenvalue weighted by Crippen LogP contribution is 2.16. The number of likely N-dealkylation sites (N-methyl/N-ethyl adjacent to an activating group) is 1. The SMILES string of the molecule is CC/C=C\C/C=C\C/C=C\C/C=C\C/C=C\C/C=C\C/C=C\C/C=C\CCCCCCCCCCCCCCCCCCC(=O)OC(COC(=O)CCCCCCC/C=C\C/C=C\CCCCCC)COC(OCC[N+](C)(C)C)C(=O)[O-]. The van der Waals surface area contributed by atoms with Gasteiger partial charge in [-0.2, -0.15) is 0 Å². The molecule has 0 spiro atoms. The van der Waals surface area contributed by atoms with Crippen LogP contribution in [0, 0.1) is 0 Å². The molecule has 0 bridgehead atoms. The second-order valence-electron chi connectivity index (χ2n) is 23.0. The van der Waals surface area contributed by atoms with Crippen LogP contribution in [0.4, 0.5) is 0 Å². The van der Waals surface area contributed by atoms with E-state index in [0.717, 1.165) is 116 Å². The molecule has 0 aliphatic carbocycles. The van der Waals surface area contributed by atoms with Crippen molar-refractivity contribution in [1.29, 1.82) is 0 Å². The van der Waals surface area contributed by atoms with Gasteiger partial charge >= 0.3 is 11.9 Å². The van der Waals surface area contributed by atoms with Crippen molar-refractivity contribution in [2.45, 2.75) is 277 Å². The molecular formula is C73H123NO8. The third-order valence-corrected chi connectivity index (χ3v) is 13.9. The van der Waals surface area contributed by atoms with Crippen molar-refractivity contribution in [2.24, 2.45) is 0 Å². The second kappa shape index (κ2) is 62.7. The molecule has 0 aromatic heterocycles. The van der Waals surface area contributed by atoms with Crippen LogP contribution in [0.3, 0.4) is 0 Å². The Labute approximate surface area is 504 Å². The Morgan fingerprint density at radius 1 is 0.378 bits per heavy atom. The first-order valence-electron chi connectivity index (χ1n) is 33.2. The molecule has 2 atom stereocenters. The molecule has 9 nitrogen and oxygen atoms in total. The summed E-state index contributed by atoms with van der Waals surface area (Å²) in [5.74, 6) is -2.30. The molecule has 0 heterocycles. The molecule has 0 aromatic carbocycles. The van der Waals surface area contributed by atoms with Gasteiger partial charge in [0, 0.05) is 12.8 Å². The number of hydrogen-bond acceptors (Lipinski definition) is 8. The predicted molar refractivity (Wildman–Crippen MR) is 347 cm³/mol. The lowest BCUT2D eigenvalue weighted by Crippen LogP contribution is -2.44. The quantitative estimate of drug-likeness (QED) is 0.0195. The number of carboxylic acids is 1. The van der Waals surface area contributed by atoms with Gasteiger partial charge in [-0.05, 0) is 109 Å². The first kappa shape index (κ1) is 77.7. The van der Waals surface area contributed by atoms with Crippen LogP contribution < -0.4 is 5.11 Å². The number of unbranched alkanes of at least 4 members (excludes halogenated alkanes) is 25. The van der Waals surface area contributed by atoms with Gasteiger partial charge < -0.3 is 33.3 Å². The molecule has 2 unspecified atom stereocenters. The lowest BCUT2D eigenvalue weighted by Gasteiger charge is -2.26. The van der Waals surface area contributed by atoms with Crippen LogP contribution in [-0.2, 0) is 33.3 Å². The molecule has 0 rings (SSSR count). The molecule has 0 saturated carbocycles. The smallest absolute Gasteiger partial charge is 0.306 e. The number of aliphatic carboxylic acids is 1. The Kier molecular flexibility index (Phi) is 59.4. The summed E-state index contributed by atoms with van der Waals surface area (Å²) in [6, 6.07) is 0. The van der Waals surface area contributed by atoms with Crippen LogP contribution >= 0.6 is 0 Å². The van der Waals surface area contributed by atoms with Gasteiger partial charge in [0.1, 0.15) is 13.2 Å². The monoisotopic (exact) mass is 1140 g/mol. The summed E-state index contributed by atoms with van der Waals surface area (Å²) in [5, 5.41) is 11.8. The maximum atomic E-state index is 12.9. The zero-order chi connectivity index (χ0) is 59.8. The zero-order valence-electron chi connectivity index (χ0n) is 53.3. The Hall–Kier alpha value is -4.31. The number of esters is 2. The maximum Gasteiger partial charge on any atom is 0.306 e. The number of rotatable bonds is 60. The van der Waals surface area contributed by atoms with Crippen molar-refractivity contribution in [3.05, 3.63) is 122 Å². The summed E-state index contributed by atoms with van der Waals surface area (Å²) in [7, 11) is 5.92. The van der Waals surface area contributed by atoms with Crippen molar-refractivity contribution < 1.29 is 42.9 Å². The lowest BCUT2D eigenvalue weighted by molar-refractivity contribution is -0.870. The highest BCUT2D eigenvalue weighted by molar-refractivity contribution is 5.70. The van der Waals surface area contributed by atoms with Gasteiger partial charge in [-0.25, -0.2) is 0 Å². The molecule has 0 fully saturated rings. The van der Waals surface area contributed by atoms with E-state index in [4.69, 9.17) is 18.9 Å². The largest absolute Gasteiger partial charge is 0.545 e. The van der Waals surface area contributed by atoms with Crippen molar-refractivity contribution in [1.82, 2.24) is 0 Å². The third kappa shape index (κ3) is 63.3. The molecule has 0 aliphatic rings. The average molecular weight is 1140 g/mol. The van der Waals surface area contributed by atoms with Crippen molar-refractivity contribution in [2.75, 3.05) is 47.5 Å². The van der Waals surface area contributed by atoms with Crippen molar-refractivity contribution in [3.8, 4) is 0 Å². The fourth-order valence-corrected chi connectivity index (χ4v) is 8.88. The topological polar surface area (TPSA) is 111 Å². The maximum absolute atomic E-state index is 12.9. The van der Waals surface area contributed by atoms with E-state index in [1.807, 2.05) is 21.1 Å². The van der Waals surface area contributed by atoms with Crippen molar-refractivity contribution in [3.63, 3.8) is 0 Å². The summed E-state index contributed by atoms with van der Waals surface area (Å²) in [4.78, 5) is 37.3. The van der Waals surface area contributed by atoms with Crippen LogP contribution in [0.5, 0.6) is 0 Å². The van der Waals surface area contributed by atoms with Gasteiger partial charge in [-0.3, -0.25) is 9.59 Å². The number of carbonyl (C=O) groups excluding carboxylic acids is 3. The number of carbonyl (C=O) groups is 3. The number of nitrogens with zero attached hydrogens (tertiary/aromatic N) is 1. The van der Waals surface area contributed by atoms with Crippen LogP contribution in [0.15, 0.2) is 122 Å². The van der Waals surface area contributed by atoms with E-state index in [-0.39, 0.29) is 38.6 Å². The summed E-state index contributed by atoms with van der Waals surface area (Å²) >= 11 is 0. The Bertz CT molecular complexity index is 1760. The first-order valence-corrected chi connectivity index (χ1v) is 33.2. The van der Waals surface area contributed by atoms with E-state index < -0.39 is 24.3 Å². The number of ether oxygens (including phenoxy) is 4. The van der Waals surface area contributed by atoms with E-state index in [2.05, 4.69) is 135 Å². The standard InChI is InChI=1S/C73H123NO8/c1-6-8-10-12-14-16-18-20-22-24-25-26-27-28-29-30-31-32-33-34-35-36-37-38-39-40-41-42-43-44-45-46-47-48-50-52-54-56-58-60-62-64-71(76)82-69(68-81-73(72(77)78)79-66-65-74(3,4)5)67-80-70(75)63-61-59-57-55-53-51-49-23-21-19-17-15-13-11-9-7-2/h8,10,14,16-17,19-20,22-23,25-26,28-29,31-32,34-35,37-38,49,69,73H,6-7,9,11-13,15,18,21,24,27,30,33,36,39-48,50-68H2,1-5H3/b10-8-,16-14-,19-17-,22-20-,26-25-,29-28-,32-31-,35-34-,38-37-,49-23-. The molecule has 0 saturated heterocycles. The lowest BCUT2D eigenvalue weighted by atomic mass is 10.0. The minimum Gasteiger partial charge on any atom is -0.545 e. The molecule has 0 amide bonds. The van der Waals surface area contributed by atoms with Gasteiger partial charge in [0.05, 0.1) is 40.3 Å². The summed E-state index contributed by atoms with van der Waals surface area (Å²) in [6.45, 7) is 4.60. The number of hydrogen-bond donors (Lipinski definition) is 0. The van der Waals surface area contributed by atoms with E-state index in [9.17, 15) is 19.5 Å². The normalized spacial score (nSPS) is 13.5. The van der Waals surface area contributed by atoms with Crippen molar-refractivity contribution >= 4 is 17.9 Å². The molecule has 0 aromatic rings.